The Bertz CT molecular complexity index is 733. The molecule has 1 aliphatic rings. The van der Waals surface area contributed by atoms with Gasteiger partial charge in [-0.2, -0.15) is 0 Å². The van der Waals surface area contributed by atoms with Crippen LogP contribution in [0.2, 0.25) is 0 Å². The molecular formula is C18H22N4O2. The number of aromatic nitrogens is 2. The molecule has 0 unspecified atom stereocenters. The van der Waals surface area contributed by atoms with Gasteiger partial charge in [-0.3, -0.25) is 0 Å². The molecule has 126 valence electrons. The van der Waals surface area contributed by atoms with Gasteiger partial charge >= 0.3 is 6.03 Å². The zero-order valence-electron chi connectivity index (χ0n) is 14.1. The highest BCUT2D eigenvalue weighted by molar-refractivity contribution is 5.74. The van der Waals surface area contributed by atoms with Crippen LogP contribution in [0.5, 0.6) is 5.75 Å². The summed E-state index contributed by atoms with van der Waals surface area (Å²) in [6.45, 7) is 6.17. The largest absolute Gasteiger partial charge is 0.494 e. The maximum Gasteiger partial charge on any atom is 0.318 e. The van der Waals surface area contributed by atoms with Crippen LogP contribution in [0, 0.1) is 6.92 Å². The molecule has 0 saturated heterocycles. The molecule has 24 heavy (non-hydrogen) atoms. The van der Waals surface area contributed by atoms with Crippen LogP contribution >= 0.6 is 0 Å². The highest BCUT2D eigenvalue weighted by atomic mass is 16.5. The standard InChI is InChI=1S/C18H22N4O2/c1-3-24-17-5-4-14-7-9-22(12-15(14)10-17)18(23)20-11-16-6-8-19-13(2)21-16/h4-6,8,10H,3,7,9,11-12H2,1-2H3,(H,20,23). The highest BCUT2D eigenvalue weighted by Crippen LogP contribution is 2.24. The van der Waals surface area contributed by atoms with Gasteiger partial charge in [0.2, 0.25) is 0 Å². The average molecular weight is 326 g/mol. The molecule has 0 aliphatic carbocycles. The number of carbonyl (C=O) groups is 1. The predicted molar refractivity (Wildman–Crippen MR) is 90.7 cm³/mol. The predicted octanol–water partition coefficient (Wildman–Crippen LogP) is 2.45. The second-order valence-electron chi connectivity index (χ2n) is 5.79. The topological polar surface area (TPSA) is 67.3 Å². The first-order valence-corrected chi connectivity index (χ1v) is 8.21. The molecule has 2 aromatic rings. The van der Waals surface area contributed by atoms with Crippen molar-refractivity contribution in [2.24, 2.45) is 0 Å². The van der Waals surface area contributed by atoms with Crippen LogP contribution < -0.4 is 10.1 Å². The minimum absolute atomic E-state index is 0.0706. The number of nitrogens with one attached hydrogen (secondary N) is 1. The lowest BCUT2D eigenvalue weighted by molar-refractivity contribution is 0.191. The van der Waals surface area contributed by atoms with Gasteiger partial charge in [0, 0.05) is 19.3 Å². The third-order valence-corrected chi connectivity index (χ3v) is 4.04. The van der Waals surface area contributed by atoms with Crippen LogP contribution in [-0.2, 0) is 19.5 Å². The second-order valence-corrected chi connectivity index (χ2v) is 5.79. The number of hydrogen-bond donors (Lipinski definition) is 1. The molecule has 2 amide bonds. The molecule has 1 aromatic heterocycles. The molecule has 1 N–H and O–H groups in total. The van der Waals surface area contributed by atoms with E-state index in [0.717, 1.165) is 30.0 Å². The second kappa shape index (κ2) is 7.29. The van der Waals surface area contributed by atoms with Gasteiger partial charge < -0.3 is 15.0 Å². The summed E-state index contributed by atoms with van der Waals surface area (Å²) in [6.07, 6.45) is 2.57. The number of benzene rings is 1. The lowest BCUT2D eigenvalue weighted by Gasteiger charge is -2.29. The molecule has 6 nitrogen and oxygen atoms in total. The Balaban J connectivity index is 1.61. The molecule has 0 bridgehead atoms. The summed E-state index contributed by atoms with van der Waals surface area (Å²) in [6, 6.07) is 7.87. The van der Waals surface area contributed by atoms with Crippen LogP contribution in [0.1, 0.15) is 29.6 Å². The summed E-state index contributed by atoms with van der Waals surface area (Å²) in [5, 5.41) is 2.93. The normalized spacial score (nSPS) is 13.3. The van der Waals surface area contributed by atoms with E-state index in [2.05, 4.69) is 21.4 Å². The van der Waals surface area contributed by atoms with Crippen molar-refractivity contribution >= 4 is 6.03 Å². The van der Waals surface area contributed by atoms with E-state index in [1.165, 1.54) is 5.56 Å². The summed E-state index contributed by atoms with van der Waals surface area (Å²) in [5.74, 6) is 1.56. The van der Waals surface area contributed by atoms with E-state index >= 15 is 0 Å². The summed E-state index contributed by atoms with van der Waals surface area (Å²) < 4.78 is 5.55. The first-order valence-electron chi connectivity index (χ1n) is 8.21. The lowest BCUT2D eigenvalue weighted by atomic mass is 10.00. The van der Waals surface area contributed by atoms with Gasteiger partial charge in [-0.25, -0.2) is 14.8 Å². The lowest BCUT2D eigenvalue weighted by Crippen LogP contribution is -2.42. The molecule has 6 heteroatoms. The summed E-state index contributed by atoms with van der Waals surface area (Å²) in [5.41, 5.74) is 3.25. The zero-order valence-corrected chi connectivity index (χ0v) is 14.1. The molecular weight excluding hydrogens is 304 g/mol. The van der Waals surface area contributed by atoms with Gasteiger partial charge in [-0.1, -0.05) is 6.07 Å². The number of amides is 2. The van der Waals surface area contributed by atoms with Crippen LogP contribution in [0.4, 0.5) is 4.79 Å². The summed E-state index contributed by atoms with van der Waals surface area (Å²) >= 11 is 0. The molecule has 0 atom stereocenters. The van der Waals surface area contributed by atoms with Crippen molar-refractivity contribution in [3.63, 3.8) is 0 Å². The van der Waals surface area contributed by atoms with Crippen molar-refractivity contribution in [1.29, 1.82) is 0 Å². The highest BCUT2D eigenvalue weighted by Gasteiger charge is 2.21. The Labute approximate surface area is 141 Å². The number of aryl methyl sites for hydroxylation is 1. The fraction of sp³-hybridized carbons (Fsp3) is 0.389. The minimum Gasteiger partial charge on any atom is -0.494 e. The van der Waals surface area contributed by atoms with E-state index in [0.29, 0.717) is 25.5 Å². The average Bonchev–Trinajstić information content (AvgIpc) is 2.59. The van der Waals surface area contributed by atoms with Crippen molar-refractivity contribution in [3.8, 4) is 5.75 Å². The van der Waals surface area contributed by atoms with Crippen LogP contribution in [0.15, 0.2) is 30.5 Å². The molecule has 0 spiro atoms. The Morgan fingerprint density at radius 2 is 2.21 bits per heavy atom. The number of fused-ring (bicyclic) bond motifs is 1. The number of hydrogen-bond acceptors (Lipinski definition) is 4. The Morgan fingerprint density at radius 3 is 3.00 bits per heavy atom. The van der Waals surface area contributed by atoms with Crippen molar-refractivity contribution < 1.29 is 9.53 Å². The zero-order chi connectivity index (χ0) is 16.9. The number of nitrogens with zero attached hydrogens (tertiary/aromatic N) is 3. The molecule has 0 fully saturated rings. The third-order valence-electron chi connectivity index (χ3n) is 4.04. The van der Waals surface area contributed by atoms with Gasteiger partial charge in [0.15, 0.2) is 0 Å². The summed E-state index contributed by atoms with van der Waals surface area (Å²) in [7, 11) is 0. The molecule has 1 aliphatic heterocycles. The Hall–Kier alpha value is -2.63. The molecule has 1 aromatic carbocycles. The number of rotatable bonds is 4. The molecule has 0 radical (unpaired) electrons. The quantitative estimate of drug-likeness (QED) is 0.937. The van der Waals surface area contributed by atoms with E-state index in [-0.39, 0.29) is 6.03 Å². The number of carbonyl (C=O) groups excluding carboxylic acids is 1. The fourth-order valence-electron chi connectivity index (χ4n) is 2.84. The van der Waals surface area contributed by atoms with E-state index in [9.17, 15) is 4.79 Å². The van der Waals surface area contributed by atoms with Crippen molar-refractivity contribution in [2.45, 2.75) is 33.4 Å². The first kappa shape index (κ1) is 16.2. The van der Waals surface area contributed by atoms with E-state index in [4.69, 9.17) is 4.74 Å². The van der Waals surface area contributed by atoms with Crippen LogP contribution in [0.25, 0.3) is 0 Å². The van der Waals surface area contributed by atoms with Crippen molar-refractivity contribution in [3.05, 3.63) is 53.1 Å². The maximum atomic E-state index is 12.4. The summed E-state index contributed by atoms with van der Waals surface area (Å²) in [4.78, 5) is 22.6. The number of ether oxygens (including phenoxy) is 1. The fourth-order valence-corrected chi connectivity index (χ4v) is 2.84. The van der Waals surface area contributed by atoms with Crippen molar-refractivity contribution in [1.82, 2.24) is 20.2 Å². The minimum atomic E-state index is -0.0706. The SMILES string of the molecule is CCOc1ccc2c(c1)CN(C(=O)NCc1ccnc(C)n1)CC2. The van der Waals surface area contributed by atoms with Gasteiger partial charge in [-0.05, 0) is 49.6 Å². The molecule has 3 rings (SSSR count). The number of urea groups is 1. The Morgan fingerprint density at radius 1 is 1.33 bits per heavy atom. The monoisotopic (exact) mass is 326 g/mol. The third kappa shape index (κ3) is 3.82. The van der Waals surface area contributed by atoms with Gasteiger partial charge in [0.1, 0.15) is 11.6 Å². The Kier molecular flexibility index (Phi) is 4.93. The van der Waals surface area contributed by atoms with Gasteiger partial charge in [-0.15, -0.1) is 0 Å². The maximum absolute atomic E-state index is 12.4. The van der Waals surface area contributed by atoms with Crippen LogP contribution in [0.3, 0.4) is 0 Å². The van der Waals surface area contributed by atoms with E-state index in [1.807, 2.05) is 36.9 Å². The molecule has 0 saturated carbocycles. The molecule has 2 heterocycles. The first-order chi connectivity index (χ1) is 11.7. The van der Waals surface area contributed by atoms with Crippen LogP contribution in [-0.4, -0.2) is 34.1 Å². The van der Waals surface area contributed by atoms with E-state index < -0.39 is 0 Å². The van der Waals surface area contributed by atoms with Gasteiger partial charge in [0.05, 0.1) is 18.8 Å². The van der Waals surface area contributed by atoms with E-state index in [1.54, 1.807) is 6.20 Å². The van der Waals surface area contributed by atoms with Gasteiger partial charge in [0.25, 0.3) is 0 Å². The van der Waals surface area contributed by atoms with Crippen molar-refractivity contribution in [2.75, 3.05) is 13.2 Å². The smallest absolute Gasteiger partial charge is 0.318 e.